The largest absolute Gasteiger partial charge is 0.505 e. The molecule has 0 amide bonds. The maximum Gasteiger partial charge on any atom is 0.469 e. The minimum Gasteiger partial charge on any atom is -0.505 e. The summed E-state index contributed by atoms with van der Waals surface area (Å²) in [5.41, 5.74) is 0.875. The first-order valence-electron chi connectivity index (χ1n) is 8.12. The van der Waals surface area contributed by atoms with Gasteiger partial charge < -0.3 is 14.9 Å². The first-order chi connectivity index (χ1) is 13.2. The monoisotopic (exact) mass is 403 g/mol. The second-order valence-corrected chi connectivity index (χ2v) is 7.26. The molecule has 0 atom stereocenters. The van der Waals surface area contributed by atoms with Crippen molar-refractivity contribution in [2.45, 2.75) is 13.5 Å². The second kappa shape index (κ2) is 7.57. The standard InChI is InChI=1S/C18H18N3O6P/c1-11-15(18(23)21(20-11)14-6-4-3-5-7-14)8-16-13(10-27-28(24,25)26)9-19-12(2)17(16)22/h3-9,20,22H,1,10H2,2H3,(H2,24,25,26)/b15-8+. The third kappa shape index (κ3) is 4.13. The van der Waals surface area contributed by atoms with E-state index < -0.39 is 20.0 Å². The Bertz CT molecular complexity index is 1230. The molecule has 0 saturated carbocycles. The number of phosphoric ester groups is 1. The number of nitrogens with one attached hydrogen (secondary N) is 1. The molecule has 0 bridgehead atoms. The van der Waals surface area contributed by atoms with Gasteiger partial charge in [0.1, 0.15) is 5.75 Å². The lowest BCUT2D eigenvalue weighted by atomic mass is 10.1. The SMILES string of the molecule is C=c1[nH]n(-c2ccccc2)c(=O)/c1=C/c1c(COP(=O)(O)O)cnc(C)c1O. The molecule has 146 valence electrons. The van der Waals surface area contributed by atoms with E-state index in [4.69, 9.17) is 9.79 Å². The topological polar surface area (TPSA) is 138 Å². The van der Waals surface area contributed by atoms with Gasteiger partial charge in [-0.3, -0.25) is 19.4 Å². The van der Waals surface area contributed by atoms with Gasteiger partial charge in [-0.1, -0.05) is 24.8 Å². The van der Waals surface area contributed by atoms with Crippen LogP contribution in [-0.4, -0.2) is 29.7 Å². The molecule has 3 aromatic rings. The van der Waals surface area contributed by atoms with Gasteiger partial charge in [0.05, 0.1) is 28.6 Å². The molecule has 2 aromatic heterocycles. The molecule has 0 saturated heterocycles. The Morgan fingerprint density at radius 2 is 2.00 bits per heavy atom. The van der Waals surface area contributed by atoms with Crippen molar-refractivity contribution < 1.29 is 24.0 Å². The maximum atomic E-state index is 12.8. The fraction of sp³-hybridized carbons (Fsp3) is 0.111. The summed E-state index contributed by atoms with van der Waals surface area (Å²) in [7, 11) is -4.72. The zero-order chi connectivity index (χ0) is 20.5. The number of aromatic nitrogens is 3. The lowest BCUT2D eigenvalue weighted by Gasteiger charge is -2.10. The smallest absolute Gasteiger partial charge is 0.469 e. The van der Waals surface area contributed by atoms with Crippen LogP contribution < -0.4 is 16.1 Å². The van der Waals surface area contributed by atoms with E-state index in [2.05, 4.69) is 21.2 Å². The maximum absolute atomic E-state index is 12.8. The summed E-state index contributed by atoms with van der Waals surface area (Å²) in [5, 5.41) is 13.8. The molecule has 4 N–H and O–H groups in total. The van der Waals surface area contributed by atoms with Gasteiger partial charge in [0.2, 0.25) is 0 Å². The number of nitrogens with zero attached hydrogens (tertiary/aromatic N) is 2. The summed E-state index contributed by atoms with van der Waals surface area (Å²) in [5.74, 6) is -0.224. The highest BCUT2D eigenvalue weighted by molar-refractivity contribution is 7.46. The molecular formula is C18H18N3O6P. The number of hydrogen-bond acceptors (Lipinski definition) is 5. The predicted molar refractivity (Wildman–Crippen MR) is 102 cm³/mol. The van der Waals surface area contributed by atoms with Crippen molar-refractivity contribution in [1.82, 2.24) is 14.8 Å². The quantitative estimate of drug-likeness (QED) is 0.453. The minimum atomic E-state index is -4.72. The molecule has 10 heteroatoms. The molecule has 9 nitrogen and oxygen atoms in total. The fourth-order valence-corrected chi connectivity index (χ4v) is 2.94. The van der Waals surface area contributed by atoms with Crippen LogP contribution in [0.1, 0.15) is 16.8 Å². The molecule has 3 rings (SSSR count). The van der Waals surface area contributed by atoms with E-state index in [0.717, 1.165) is 0 Å². The molecule has 0 aliphatic rings. The number of aromatic hydroxyl groups is 1. The van der Waals surface area contributed by atoms with Crippen molar-refractivity contribution in [2.24, 2.45) is 0 Å². The number of H-pyrrole nitrogens is 1. The molecule has 1 aromatic carbocycles. The number of benzene rings is 1. The molecule has 0 unspecified atom stereocenters. The van der Waals surface area contributed by atoms with Crippen LogP contribution in [0.5, 0.6) is 5.75 Å². The highest BCUT2D eigenvalue weighted by Crippen LogP contribution is 2.38. The van der Waals surface area contributed by atoms with Gasteiger partial charge in [-0.2, -0.15) is 0 Å². The van der Waals surface area contributed by atoms with E-state index in [0.29, 0.717) is 11.0 Å². The van der Waals surface area contributed by atoms with E-state index in [-0.39, 0.29) is 27.8 Å². The van der Waals surface area contributed by atoms with E-state index in [1.807, 2.05) is 6.07 Å². The van der Waals surface area contributed by atoms with Crippen LogP contribution in [0.3, 0.4) is 0 Å². The normalized spacial score (nSPS) is 12.5. The average Bonchev–Trinajstić information content (AvgIpc) is 2.93. The van der Waals surface area contributed by atoms with Crippen LogP contribution in [0, 0.1) is 6.92 Å². The van der Waals surface area contributed by atoms with E-state index in [1.54, 1.807) is 31.2 Å². The molecule has 2 heterocycles. The third-order valence-corrected chi connectivity index (χ3v) is 4.52. The molecule has 0 aliphatic heterocycles. The fourth-order valence-electron chi connectivity index (χ4n) is 2.63. The molecule has 0 aliphatic carbocycles. The number of rotatable bonds is 5. The summed E-state index contributed by atoms with van der Waals surface area (Å²) >= 11 is 0. The van der Waals surface area contributed by atoms with Gasteiger partial charge in [0, 0.05) is 17.3 Å². The second-order valence-electron chi connectivity index (χ2n) is 6.02. The number of pyridine rings is 1. The Balaban J connectivity index is 2.18. The predicted octanol–water partition coefficient (Wildman–Crippen LogP) is 0.423. The van der Waals surface area contributed by atoms with Crippen molar-refractivity contribution in [2.75, 3.05) is 0 Å². The van der Waals surface area contributed by atoms with Crippen LogP contribution in [0.2, 0.25) is 0 Å². The van der Waals surface area contributed by atoms with Gasteiger partial charge in [-0.15, -0.1) is 0 Å². The van der Waals surface area contributed by atoms with Gasteiger partial charge in [-0.25, -0.2) is 9.25 Å². The lowest BCUT2D eigenvalue weighted by molar-refractivity contribution is 0.188. The molecule has 28 heavy (non-hydrogen) atoms. The van der Waals surface area contributed by atoms with Crippen LogP contribution in [0.25, 0.3) is 18.3 Å². The summed E-state index contributed by atoms with van der Waals surface area (Å²) in [6, 6.07) is 8.87. The highest BCUT2D eigenvalue weighted by atomic mass is 31.2. The van der Waals surface area contributed by atoms with Gasteiger partial charge in [-0.05, 0) is 25.1 Å². The zero-order valence-corrected chi connectivity index (χ0v) is 15.8. The number of aromatic amines is 1. The first kappa shape index (κ1) is 19.8. The Hall–Kier alpha value is -2.97. The third-order valence-electron chi connectivity index (χ3n) is 4.05. The van der Waals surface area contributed by atoms with E-state index in [1.165, 1.54) is 17.0 Å². The van der Waals surface area contributed by atoms with Gasteiger partial charge >= 0.3 is 7.82 Å². The number of phosphoric acid groups is 1. The van der Waals surface area contributed by atoms with Gasteiger partial charge in [0.15, 0.2) is 0 Å². The summed E-state index contributed by atoms with van der Waals surface area (Å²) in [4.78, 5) is 34.7. The van der Waals surface area contributed by atoms with Crippen molar-refractivity contribution in [3.05, 3.63) is 74.3 Å². The zero-order valence-electron chi connectivity index (χ0n) is 14.9. The Morgan fingerprint density at radius 3 is 2.64 bits per heavy atom. The molecule has 0 spiro atoms. The molecule has 0 radical (unpaired) electrons. The number of para-hydroxylation sites is 1. The Labute approximate surface area is 159 Å². The lowest BCUT2D eigenvalue weighted by Crippen LogP contribution is -2.34. The van der Waals surface area contributed by atoms with Crippen molar-refractivity contribution in [3.63, 3.8) is 0 Å². The van der Waals surface area contributed by atoms with E-state index >= 15 is 0 Å². The summed E-state index contributed by atoms with van der Waals surface area (Å²) in [6.45, 7) is 4.89. The van der Waals surface area contributed by atoms with Crippen molar-refractivity contribution in [3.8, 4) is 11.4 Å². The van der Waals surface area contributed by atoms with Crippen LogP contribution >= 0.6 is 7.82 Å². The first-order valence-corrected chi connectivity index (χ1v) is 9.65. The average molecular weight is 403 g/mol. The molecule has 0 fully saturated rings. The van der Waals surface area contributed by atoms with E-state index in [9.17, 15) is 14.5 Å². The van der Waals surface area contributed by atoms with Crippen LogP contribution in [0.4, 0.5) is 0 Å². The number of hydrogen-bond donors (Lipinski definition) is 4. The number of aryl methyl sites for hydroxylation is 1. The Morgan fingerprint density at radius 1 is 1.32 bits per heavy atom. The highest BCUT2D eigenvalue weighted by Gasteiger charge is 2.17. The summed E-state index contributed by atoms with van der Waals surface area (Å²) in [6.07, 6.45) is 2.71. The minimum absolute atomic E-state index is 0.169. The molecular weight excluding hydrogens is 385 g/mol. The van der Waals surface area contributed by atoms with Crippen LogP contribution in [0.15, 0.2) is 41.3 Å². The Kier molecular flexibility index (Phi) is 5.35. The van der Waals surface area contributed by atoms with Crippen molar-refractivity contribution >= 4 is 20.5 Å². The van der Waals surface area contributed by atoms with Gasteiger partial charge in [0.25, 0.3) is 5.56 Å². The van der Waals surface area contributed by atoms with Crippen molar-refractivity contribution in [1.29, 1.82) is 0 Å². The summed E-state index contributed by atoms with van der Waals surface area (Å²) < 4.78 is 16.8. The van der Waals surface area contributed by atoms with Crippen LogP contribution in [-0.2, 0) is 15.7 Å².